The Bertz CT molecular complexity index is 599. The van der Waals surface area contributed by atoms with Crippen molar-refractivity contribution < 1.29 is 4.74 Å². The first-order valence-electron chi connectivity index (χ1n) is 6.58. The Balaban J connectivity index is 2.14. The van der Waals surface area contributed by atoms with Crippen LogP contribution in [0.15, 0.2) is 48.5 Å². The third-order valence-electron chi connectivity index (χ3n) is 3.23. The van der Waals surface area contributed by atoms with Crippen molar-refractivity contribution in [2.75, 3.05) is 12.4 Å². The molecule has 2 rings (SSSR count). The van der Waals surface area contributed by atoms with Crippen molar-refractivity contribution >= 4 is 5.69 Å². The molecule has 0 saturated heterocycles. The lowest BCUT2D eigenvalue weighted by Crippen LogP contribution is -2.08. The molecule has 0 radical (unpaired) electrons. The van der Waals surface area contributed by atoms with Crippen LogP contribution in [0.2, 0.25) is 0 Å². The van der Waals surface area contributed by atoms with E-state index in [9.17, 15) is 0 Å². The van der Waals surface area contributed by atoms with Gasteiger partial charge in [0.15, 0.2) is 0 Å². The third-order valence-corrected chi connectivity index (χ3v) is 3.23. The number of nitrogens with one attached hydrogen (secondary N) is 1. The molecule has 0 amide bonds. The van der Waals surface area contributed by atoms with E-state index in [0.717, 1.165) is 16.8 Å². The van der Waals surface area contributed by atoms with Gasteiger partial charge < -0.3 is 10.1 Å². The van der Waals surface area contributed by atoms with Crippen molar-refractivity contribution in [1.82, 2.24) is 0 Å². The fraction of sp³-hybridized carbons (Fsp3) is 0.235. The van der Waals surface area contributed by atoms with E-state index >= 15 is 0 Å². The third kappa shape index (κ3) is 3.37. The predicted molar refractivity (Wildman–Crippen MR) is 80.3 cm³/mol. The average molecular weight is 266 g/mol. The zero-order valence-electron chi connectivity index (χ0n) is 11.8. The minimum absolute atomic E-state index is 0.167. The summed E-state index contributed by atoms with van der Waals surface area (Å²) in [6, 6.07) is 18.1. The Kier molecular flexibility index (Phi) is 4.75. The first-order valence-corrected chi connectivity index (χ1v) is 6.58. The second-order valence-corrected chi connectivity index (χ2v) is 4.69. The maximum Gasteiger partial charge on any atom is 0.0991 e. The second-order valence-electron chi connectivity index (χ2n) is 4.69. The van der Waals surface area contributed by atoms with Crippen molar-refractivity contribution in [1.29, 1.82) is 5.26 Å². The van der Waals surface area contributed by atoms with Gasteiger partial charge in [0.1, 0.15) is 0 Å². The van der Waals surface area contributed by atoms with E-state index < -0.39 is 0 Å². The number of benzene rings is 2. The number of methoxy groups -OCH3 is 1. The minimum atomic E-state index is 0.167. The van der Waals surface area contributed by atoms with Crippen LogP contribution in [0.5, 0.6) is 0 Å². The Hall–Kier alpha value is -2.31. The van der Waals surface area contributed by atoms with E-state index in [1.54, 1.807) is 7.11 Å². The zero-order valence-corrected chi connectivity index (χ0v) is 11.8. The summed E-state index contributed by atoms with van der Waals surface area (Å²) in [5.41, 5.74) is 4.04. The highest BCUT2D eigenvalue weighted by atomic mass is 16.5. The van der Waals surface area contributed by atoms with Gasteiger partial charge in [0.25, 0.3) is 0 Å². The Morgan fingerprint density at radius 3 is 2.50 bits per heavy atom. The monoisotopic (exact) mass is 266 g/mol. The van der Waals surface area contributed by atoms with Crippen molar-refractivity contribution in [3.8, 4) is 6.07 Å². The summed E-state index contributed by atoms with van der Waals surface area (Å²) < 4.78 is 5.21. The van der Waals surface area contributed by atoms with Crippen LogP contribution < -0.4 is 5.32 Å². The molecular weight excluding hydrogens is 248 g/mol. The molecule has 0 spiro atoms. The van der Waals surface area contributed by atoms with Crippen LogP contribution in [0.4, 0.5) is 5.69 Å². The molecule has 3 nitrogen and oxygen atoms in total. The molecule has 20 heavy (non-hydrogen) atoms. The Morgan fingerprint density at radius 1 is 1.15 bits per heavy atom. The standard InChI is InChI=1S/C17H18N2O/c1-13(15-9-7-14(11-18)8-10-15)19-17-6-4-3-5-16(17)12-20-2/h3-10,13,19H,12H2,1-2H3. The van der Waals surface area contributed by atoms with Crippen LogP contribution in [0.3, 0.4) is 0 Å². The lowest BCUT2D eigenvalue weighted by molar-refractivity contribution is 0.185. The molecule has 0 saturated carbocycles. The number of anilines is 1. The van der Waals surface area contributed by atoms with Crippen molar-refractivity contribution in [2.24, 2.45) is 0 Å². The largest absolute Gasteiger partial charge is 0.380 e. The van der Waals surface area contributed by atoms with E-state index in [-0.39, 0.29) is 6.04 Å². The fourth-order valence-electron chi connectivity index (χ4n) is 2.11. The Labute approximate surface area is 119 Å². The summed E-state index contributed by atoms with van der Waals surface area (Å²) in [6.07, 6.45) is 0. The molecule has 0 bridgehead atoms. The molecule has 0 aliphatic rings. The minimum Gasteiger partial charge on any atom is -0.380 e. The van der Waals surface area contributed by atoms with Gasteiger partial charge in [-0.2, -0.15) is 5.26 Å². The topological polar surface area (TPSA) is 45.0 Å². The summed E-state index contributed by atoms with van der Waals surface area (Å²) in [5, 5.41) is 12.3. The molecule has 1 unspecified atom stereocenters. The van der Waals surface area contributed by atoms with Gasteiger partial charge in [-0.25, -0.2) is 0 Å². The predicted octanol–water partition coefficient (Wildman–Crippen LogP) is 3.88. The van der Waals surface area contributed by atoms with Gasteiger partial charge in [-0.3, -0.25) is 0 Å². The van der Waals surface area contributed by atoms with E-state index in [0.29, 0.717) is 12.2 Å². The van der Waals surface area contributed by atoms with Gasteiger partial charge >= 0.3 is 0 Å². The van der Waals surface area contributed by atoms with Crippen LogP contribution in [0.25, 0.3) is 0 Å². The van der Waals surface area contributed by atoms with Gasteiger partial charge in [-0.05, 0) is 30.7 Å². The SMILES string of the molecule is COCc1ccccc1NC(C)c1ccc(C#N)cc1. The highest BCUT2D eigenvalue weighted by Crippen LogP contribution is 2.23. The fourth-order valence-corrected chi connectivity index (χ4v) is 2.11. The van der Waals surface area contributed by atoms with Crippen LogP contribution >= 0.6 is 0 Å². The number of hydrogen-bond donors (Lipinski definition) is 1. The normalized spacial score (nSPS) is 11.7. The number of ether oxygens (including phenoxy) is 1. The lowest BCUT2D eigenvalue weighted by Gasteiger charge is -2.18. The first kappa shape index (κ1) is 14.1. The van der Waals surface area contributed by atoms with Gasteiger partial charge in [-0.15, -0.1) is 0 Å². The molecule has 102 valence electrons. The second kappa shape index (κ2) is 6.74. The number of hydrogen-bond acceptors (Lipinski definition) is 3. The summed E-state index contributed by atoms with van der Waals surface area (Å²) >= 11 is 0. The van der Waals surface area contributed by atoms with E-state index in [2.05, 4.69) is 30.4 Å². The molecule has 2 aromatic carbocycles. The maximum absolute atomic E-state index is 8.82. The van der Waals surface area contributed by atoms with Crippen LogP contribution in [0.1, 0.15) is 29.7 Å². The number of nitriles is 1. The zero-order chi connectivity index (χ0) is 14.4. The molecule has 0 fully saturated rings. The molecule has 2 aromatic rings. The van der Waals surface area contributed by atoms with Crippen LogP contribution in [0, 0.1) is 11.3 Å². The molecule has 1 N–H and O–H groups in total. The summed E-state index contributed by atoms with van der Waals surface area (Å²) in [4.78, 5) is 0. The number of nitrogens with zero attached hydrogens (tertiary/aromatic N) is 1. The highest BCUT2D eigenvalue weighted by Gasteiger charge is 2.08. The molecule has 0 aliphatic carbocycles. The maximum atomic E-state index is 8.82. The van der Waals surface area contributed by atoms with Crippen molar-refractivity contribution in [2.45, 2.75) is 19.6 Å². The van der Waals surface area contributed by atoms with E-state index in [1.807, 2.05) is 36.4 Å². The highest BCUT2D eigenvalue weighted by molar-refractivity contribution is 5.52. The number of para-hydroxylation sites is 1. The molecule has 3 heteroatoms. The molecular formula is C17H18N2O. The molecule has 0 aromatic heterocycles. The Morgan fingerprint density at radius 2 is 1.85 bits per heavy atom. The van der Waals surface area contributed by atoms with E-state index in [1.165, 1.54) is 0 Å². The van der Waals surface area contributed by atoms with Crippen molar-refractivity contribution in [3.05, 3.63) is 65.2 Å². The molecule has 0 aliphatic heterocycles. The summed E-state index contributed by atoms with van der Waals surface area (Å²) in [6.45, 7) is 2.69. The van der Waals surface area contributed by atoms with Gasteiger partial charge in [0.05, 0.1) is 18.2 Å². The van der Waals surface area contributed by atoms with Gasteiger partial charge in [0, 0.05) is 24.4 Å². The summed E-state index contributed by atoms with van der Waals surface area (Å²) in [7, 11) is 1.70. The summed E-state index contributed by atoms with van der Waals surface area (Å²) in [5.74, 6) is 0. The van der Waals surface area contributed by atoms with Crippen LogP contribution in [-0.4, -0.2) is 7.11 Å². The molecule has 0 heterocycles. The lowest BCUT2D eigenvalue weighted by atomic mass is 10.1. The van der Waals surface area contributed by atoms with E-state index in [4.69, 9.17) is 10.00 Å². The van der Waals surface area contributed by atoms with Crippen LogP contribution in [-0.2, 0) is 11.3 Å². The smallest absolute Gasteiger partial charge is 0.0991 e. The van der Waals surface area contributed by atoms with Gasteiger partial charge in [0.2, 0.25) is 0 Å². The molecule has 1 atom stereocenters. The number of rotatable bonds is 5. The first-order chi connectivity index (χ1) is 9.74. The van der Waals surface area contributed by atoms with Crippen molar-refractivity contribution in [3.63, 3.8) is 0 Å². The quantitative estimate of drug-likeness (QED) is 0.893. The van der Waals surface area contributed by atoms with Gasteiger partial charge in [-0.1, -0.05) is 30.3 Å². The average Bonchev–Trinajstić information content (AvgIpc) is 2.49.